The van der Waals surface area contributed by atoms with Crippen LogP contribution in [0.1, 0.15) is 24.8 Å². The van der Waals surface area contributed by atoms with Crippen molar-refractivity contribution in [3.8, 4) is 5.75 Å². The average molecular weight is 257 g/mol. The number of hydrogen-bond acceptors (Lipinski definition) is 3. The Kier molecular flexibility index (Phi) is 3.15. The fourth-order valence-corrected chi connectivity index (χ4v) is 3.21. The van der Waals surface area contributed by atoms with Crippen molar-refractivity contribution in [2.24, 2.45) is 0 Å². The van der Waals surface area contributed by atoms with E-state index in [1.54, 1.807) is 7.11 Å². The largest absolute Gasteiger partial charge is 0.497 e. The number of Topliss-reactive ketones (excluding diaryl/α,β-unsaturated/α-hetero) is 1. The minimum atomic E-state index is 0.313. The number of hydrogen-bond donors (Lipinski definition) is 0. The van der Waals surface area contributed by atoms with Crippen LogP contribution in [0.2, 0.25) is 0 Å². The maximum Gasteiger partial charge on any atom is 0.162 e. The first kappa shape index (κ1) is 12.4. The van der Waals surface area contributed by atoms with Crippen LogP contribution in [0.15, 0.2) is 29.8 Å². The number of carbonyl (C=O) groups excluding carboxylic acids is 1. The molecule has 2 unspecified atom stereocenters. The molecule has 0 N–H and O–H groups in total. The van der Waals surface area contributed by atoms with Gasteiger partial charge in [0.1, 0.15) is 5.75 Å². The third kappa shape index (κ3) is 2.19. The van der Waals surface area contributed by atoms with Gasteiger partial charge in [-0.05, 0) is 43.7 Å². The van der Waals surface area contributed by atoms with Gasteiger partial charge in [-0.3, -0.25) is 9.69 Å². The van der Waals surface area contributed by atoms with Crippen molar-refractivity contribution in [2.75, 3.05) is 14.2 Å². The Morgan fingerprint density at radius 2 is 2.00 bits per heavy atom. The van der Waals surface area contributed by atoms with Gasteiger partial charge in [0.05, 0.1) is 7.11 Å². The molecule has 1 aromatic rings. The number of piperidine rings is 1. The molecule has 2 fully saturated rings. The number of benzene rings is 1. The lowest BCUT2D eigenvalue weighted by Crippen LogP contribution is -2.41. The van der Waals surface area contributed by atoms with Crippen LogP contribution in [0.4, 0.5) is 0 Å². The summed E-state index contributed by atoms with van der Waals surface area (Å²) >= 11 is 0. The molecule has 100 valence electrons. The lowest BCUT2D eigenvalue weighted by molar-refractivity contribution is -0.118. The Hall–Kier alpha value is -1.61. The molecule has 1 aromatic carbocycles. The molecule has 2 heterocycles. The first-order valence-electron chi connectivity index (χ1n) is 6.80. The molecule has 2 aliphatic rings. The molecule has 3 rings (SSSR count). The van der Waals surface area contributed by atoms with E-state index < -0.39 is 0 Å². The van der Waals surface area contributed by atoms with E-state index in [1.165, 1.54) is 0 Å². The zero-order chi connectivity index (χ0) is 13.4. The van der Waals surface area contributed by atoms with Gasteiger partial charge >= 0.3 is 0 Å². The summed E-state index contributed by atoms with van der Waals surface area (Å²) in [5, 5.41) is 0. The molecule has 0 saturated carbocycles. The third-order valence-electron chi connectivity index (χ3n) is 4.38. The van der Waals surface area contributed by atoms with Gasteiger partial charge in [0.25, 0.3) is 0 Å². The van der Waals surface area contributed by atoms with Crippen molar-refractivity contribution in [2.45, 2.75) is 31.3 Å². The second kappa shape index (κ2) is 4.82. The SMILES string of the molecule is COc1ccc(C=C2C(=O)CC3CCC2N3C)cc1. The number of ketones is 1. The molecular formula is C16H19NO2. The smallest absolute Gasteiger partial charge is 0.162 e. The Morgan fingerprint density at radius 3 is 2.68 bits per heavy atom. The second-order valence-corrected chi connectivity index (χ2v) is 5.41. The fraction of sp³-hybridized carbons (Fsp3) is 0.438. The minimum absolute atomic E-state index is 0.313. The molecule has 3 nitrogen and oxygen atoms in total. The molecule has 2 aliphatic heterocycles. The standard InChI is InChI=1S/C16H19NO2/c1-17-12-5-8-15(17)14(16(18)10-12)9-11-3-6-13(19-2)7-4-11/h3-4,6-7,9,12,15H,5,8,10H2,1-2H3. The summed E-state index contributed by atoms with van der Waals surface area (Å²) in [6, 6.07) is 8.64. The van der Waals surface area contributed by atoms with E-state index >= 15 is 0 Å². The van der Waals surface area contributed by atoms with Crippen LogP contribution >= 0.6 is 0 Å². The molecule has 0 spiro atoms. The van der Waals surface area contributed by atoms with Gasteiger partial charge in [0.15, 0.2) is 5.78 Å². The molecule has 0 radical (unpaired) electrons. The lowest BCUT2D eigenvalue weighted by Gasteiger charge is -2.32. The summed E-state index contributed by atoms with van der Waals surface area (Å²) in [5.74, 6) is 1.16. The van der Waals surface area contributed by atoms with E-state index in [-0.39, 0.29) is 0 Å². The van der Waals surface area contributed by atoms with Gasteiger partial charge in [0, 0.05) is 24.1 Å². The lowest BCUT2D eigenvalue weighted by atomic mass is 9.94. The fourth-order valence-electron chi connectivity index (χ4n) is 3.21. The van der Waals surface area contributed by atoms with E-state index in [0.717, 1.165) is 29.7 Å². The highest BCUT2D eigenvalue weighted by atomic mass is 16.5. The average Bonchev–Trinajstić information content (AvgIpc) is 2.68. The number of ether oxygens (including phenoxy) is 1. The number of carbonyl (C=O) groups is 1. The van der Waals surface area contributed by atoms with Crippen molar-refractivity contribution in [3.05, 3.63) is 35.4 Å². The zero-order valence-electron chi connectivity index (χ0n) is 11.4. The molecule has 19 heavy (non-hydrogen) atoms. The van der Waals surface area contributed by atoms with Crippen molar-refractivity contribution in [1.82, 2.24) is 4.90 Å². The summed E-state index contributed by atoms with van der Waals surface area (Å²) in [7, 11) is 3.79. The van der Waals surface area contributed by atoms with E-state index in [2.05, 4.69) is 11.9 Å². The van der Waals surface area contributed by atoms with E-state index in [9.17, 15) is 4.79 Å². The maximum absolute atomic E-state index is 12.2. The van der Waals surface area contributed by atoms with Gasteiger partial charge in [-0.25, -0.2) is 0 Å². The quantitative estimate of drug-likeness (QED) is 0.762. The molecule has 2 bridgehead atoms. The number of fused-ring (bicyclic) bond motifs is 2. The highest BCUT2D eigenvalue weighted by Crippen LogP contribution is 2.36. The minimum Gasteiger partial charge on any atom is -0.497 e. The first-order valence-corrected chi connectivity index (χ1v) is 6.80. The van der Waals surface area contributed by atoms with Crippen molar-refractivity contribution < 1.29 is 9.53 Å². The number of rotatable bonds is 2. The van der Waals surface area contributed by atoms with Crippen molar-refractivity contribution in [1.29, 1.82) is 0 Å². The molecule has 0 amide bonds. The summed E-state index contributed by atoms with van der Waals surface area (Å²) in [6.07, 6.45) is 4.97. The van der Waals surface area contributed by atoms with Crippen LogP contribution in [0, 0.1) is 0 Å². The van der Waals surface area contributed by atoms with Crippen LogP contribution in [0.3, 0.4) is 0 Å². The summed E-state index contributed by atoms with van der Waals surface area (Å²) in [4.78, 5) is 14.6. The van der Waals surface area contributed by atoms with Crippen LogP contribution in [0.25, 0.3) is 6.08 Å². The van der Waals surface area contributed by atoms with Gasteiger partial charge in [-0.15, -0.1) is 0 Å². The molecule has 0 aliphatic carbocycles. The highest BCUT2D eigenvalue weighted by molar-refractivity contribution is 6.02. The number of likely N-dealkylation sites (N-methyl/N-ethyl adjacent to an activating group) is 1. The van der Waals surface area contributed by atoms with Crippen molar-refractivity contribution >= 4 is 11.9 Å². The van der Waals surface area contributed by atoms with Gasteiger partial charge in [0.2, 0.25) is 0 Å². The zero-order valence-corrected chi connectivity index (χ0v) is 11.4. The number of nitrogens with zero attached hydrogens (tertiary/aromatic N) is 1. The van der Waals surface area contributed by atoms with E-state index in [0.29, 0.717) is 24.3 Å². The summed E-state index contributed by atoms with van der Waals surface area (Å²) in [6.45, 7) is 0. The summed E-state index contributed by atoms with van der Waals surface area (Å²) < 4.78 is 5.15. The first-order chi connectivity index (χ1) is 9.19. The van der Waals surface area contributed by atoms with Crippen LogP contribution < -0.4 is 4.74 Å². The molecule has 2 saturated heterocycles. The van der Waals surface area contributed by atoms with Crippen molar-refractivity contribution in [3.63, 3.8) is 0 Å². The van der Waals surface area contributed by atoms with E-state index in [1.807, 2.05) is 30.3 Å². The van der Waals surface area contributed by atoms with Gasteiger partial charge < -0.3 is 4.74 Å². The predicted octanol–water partition coefficient (Wildman–Crippen LogP) is 2.51. The van der Waals surface area contributed by atoms with Gasteiger partial charge in [-0.1, -0.05) is 12.1 Å². The van der Waals surface area contributed by atoms with Crippen LogP contribution in [-0.4, -0.2) is 36.9 Å². The highest BCUT2D eigenvalue weighted by Gasteiger charge is 2.41. The molecular weight excluding hydrogens is 238 g/mol. The molecule has 3 heteroatoms. The normalized spacial score (nSPS) is 28.9. The second-order valence-electron chi connectivity index (χ2n) is 5.41. The Morgan fingerprint density at radius 1 is 1.26 bits per heavy atom. The Balaban J connectivity index is 1.90. The molecule has 0 aromatic heterocycles. The summed E-state index contributed by atoms with van der Waals surface area (Å²) in [5.41, 5.74) is 2.05. The van der Waals surface area contributed by atoms with E-state index in [4.69, 9.17) is 4.74 Å². The predicted molar refractivity (Wildman–Crippen MR) is 75.2 cm³/mol. The van der Waals surface area contributed by atoms with Crippen LogP contribution in [-0.2, 0) is 4.79 Å². The third-order valence-corrected chi connectivity index (χ3v) is 4.38. The maximum atomic E-state index is 12.2. The molecule has 2 atom stereocenters. The Bertz CT molecular complexity index is 518. The Labute approximate surface area is 113 Å². The number of methoxy groups -OCH3 is 1. The van der Waals surface area contributed by atoms with Gasteiger partial charge in [-0.2, -0.15) is 0 Å². The van der Waals surface area contributed by atoms with Crippen LogP contribution in [0.5, 0.6) is 5.75 Å². The monoisotopic (exact) mass is 257 g/mol. The topological polar surface area (TPSA) is 29.5 Å².